The molecule has 0 amide bonds. The van der Waals surface area contributed by atoms with Crippen molar-refractivity contribution in [3.8, 4) is 5.75 Å². The summed E-state index contributed by atoms with van der Waals surface area (Å²) in [4.78, 5) is 12.4. The molecule has 0 aliphatic carbocycles. The van der Waals surface area contributed by atoms with Crippen LogP contribution in [-0.4, -0.2) is 5.97 Å². The van der Waals surface area contributed by atoms with Crippen molar-refractivity contribution in [3.05, 3.63) is 100 Å². The number of aryl methyl sites for hydroxylation is 1. The Bertz CT molecular complexity index is 1300. The van der Waals surface area contributed by atoms with E-state index in [2.05, 4.69) is 0 Å². The number of hydrogen-bond acceptors (Lipinski definition) is 2. The highest BCUT2D eigenvalue weighted by Crippen LogP contribution is 2.43. The van der Waals surface area contributed by atoms with E-state index in [1.54, 1.807) is 38.1 Å². The molecule has 0 spiro atoms. The first-order valence-electron chi connectivity index (χ1n) is 12.7. The van der Waals surface area contributed by atoms with Crippen molar-refractivity contribution in [3.63, 3.8) is 0 Å². The minimum absolute atomic E-state index is 0.0807. The highest BCUT2D eigenvalue weighted by atomic mass is 19.4. The van der Waals surface area contributed by atoms with Crippen LogP contribution in [0.25, 0.3) is 0 Å². The second-order valence-corrected chi connectivity index (χ2v) is 11.0. The molecule has 3 rings (SSSR count). The van der Waals surface area contributed by atoms with Crippen LogP contribution in [0, 0.1) is 5.41 Å². The second kappa shape index (κ2) is 11.1. The summed E-state index contributed by atoms with van der Waals surface area (Å²) in [7, 11) is 0. The summed E-state index contributed by atoms with van der Waals surface area (Å²) < 4.78 is 89.3. The Morgan fingerprint density at radius 3 is 1.82 bits per heavy atom. The molecular formula is C31H32F6O2. The number of hydrogen-bond donors (Lipinski definition) is 0. The van der Waals surface area contributed by atoms with Gasteiger partial charge in [-0.1, -0.05) is 77.4 Å². The fraction of sp³-hybridized carbons (Fsp3) is 0.387. The van der Waals surface area contributed by atoms with Crippen molar-refractivity contribution < 1.29 is 35.9 Å². The van der Waals surface area contributed by atoms with Crippen LogP contribution in [0.3, 0.4) is 0 Å². The molecule has 39 heavy (non-hydrogen) atoms. The molecule has 3 aromatic rings. The van der Waals surface area contributed by atoms with Gasteiger partial charge in [0.1, 0.15) is 5.75 Å². The summed E-state index contributed by atoms with van der Waals surface area (Å²) in [6.07, 6.45) is -7.88. The van der Waals surface area contributed by atoms with E-state index >= 15 is 0 Å². The fourth-order valence-electron chi connectivity index (χ4n) is 4.23. The molecule has 0 unspecified atom stereocenters. The van der Waals surface area contributed by atoms with Crippen LogP contribution in [-0.2, 0) is 24.2 Å². The van der Waals surface area contributed by atoms with Gasteiger partial charge in [-0.05, 0) is 65.3 Å². The zero-order valence-electron chi connectivity index (χ0n) is 22.6. The predicted octanol–water partition coefficient (Wildman–Crippen LogP) is 9.64. The molecule has 210 valence electrons. The van der Waals surface area contributed by atoms with E-state index in [0.717, 1.165) is 24.6 Å². The van der Waals surface area contributed by atoms with Gasteiger partial charge in [0.15, 0.2) is 0 Å². The van der Waals surface area contributed by atoms with E-state index in [1.807, 2.05) is 20.8 Å². The van der Waals surface area contributed by atoms with Gasteiger partial charge in [-0.25, -0.2) is 4.79 Å². The van der Waals surface area contributed by atoms with Crippen molar-refractivity contribution >= 4 is 5.97 Å². The molecule has 0 atom stereocenters. The second-order valence-electron chi connectivity index (χ2n) is 11.0. The zero-order chi connectivity index (χ0) is 29.2. The first kappa shape index (κ1) is 30.3. The molecule has 0 aliphatic heterocycles. The summed E-state index contributed by atoms with van der Waals surface area (Å²) in [5.41, 5.74) is -2.74. The number of alkyl halides is 6. The van der Waals surface area contributed by atoms with E-state index in [9.17, 15) is 31.1 Å². The van der Waals surface area contributed by atoms with Crippen LogP contribution >= 0.6 is 0 Å². The lowest BCUT2D eigenvalue weighted by atomic mass is 9.76. The monoisotopic (exact) mass is 550 g/mol. The molecule has 0 aromatic heterocycles. The number of benzene rings is 3. The Morgan fingerprint density at radius 1 is 0.744 bits per heavy atom. The highest BCUT2D eigenvalue weighted by molar-refractivity contribution is 5.91. The molecule has 0 aliphatic rings. The largest absolute Gasteiger partial charge is 0.422 e. The minimum Gasteiger partial charge on any atom is -0.422 e. The van der Waals surface area contributed by atoms with Gasteiger partial charge < -0.3 is 4.74 Å². The van der Waals surface area contributed by atoms with E-state index in [1.165, 1.54) is 24.3 Å². The van der Waals surface area contributed by atoms with Gasteiger partial charge in [0.25, 0.3) is 0 Å². The normalized spacial score (nSPS) is 12.9. The van der Waals surface area contributed by atoms with Crippen molar-refractivity contribution in [2.75, 3.05) is 0 Å². The zero-order valence-corrected chi connectivity index (χ0v) is 22.6. The van der Waals surface area contributed by atoms with Gasteiger partial charge in [0.2, 0.25) is 0 Å². The molecule has 0 radical (unpaired) electrons. The molecular weight excluding hydrogens is 518 g/mol. The molecule has 3 aromatic carbocycles. The number of carbonyl (C=O) groups excluding carboxylic acids is 1. The van der Waals surface area contributed by atoms with Crippen LogP contribution in [0.1, 0.15) is 85.6 Å². The average molecular weight is 551 g/mol. The Morgan fingerprint density at radius 2 is 1.28 bits per heavy atom. The summed E-state index contributed by atoms with van der Waals surface area (Å²) in [5.74, 6) is -1.63. The van der Waals surface area contributed by atoms with Crippen LogP contribution in [0.15, 0.2) is 66.7 Å². The van der Waals surface area contributed by atoms with Gasteiger partial charge in [0.05, 0.1) is 16.7 Å². The third-order valence-corrected chi connectivity index (χ3v) is 7.38. The Labute approximate surface area is 225 Å². The standard InChI is InChI=1S/C31H32F6O2/c1-6-28(2,3)17-16-20-12-13-22(18-24(20)30(32,33)34)29(4,5)23-14-15-26(25(19-23)31(35,36)37)39-27(38)21-10-8-7-9-11-21/h7-15,18-19H,6,16-17H2,1-5H3. The van der Waals surface area contributed by atoms with Crippen LogP contribution < -0.4 is 4.74 Å². The Kier molecular flexibility index (Phi) is 8.58. The van der Waals surface area contributed by atoms with E-state index in [0.29, 0.717) is 6.42 Å². The van der Waals surface area contributed by atoms with Crippen molar-refractivity contribution in [1.82, 2.24) is 0 Å². The van der Waals surface area contributed by atoms with Gasteiger partial charge in [-0.2, -0.15) is 26.3 Å². The highest BCUT2D eigenvalue weighted by Gasteiger charge is 2.39. The smallest absolute Gasteiger partial charge is 0.419 e. The number of halogens is 6. The average Bonchev–Trinajstić information content (AvgIpc) is 2.86. The lowest BCUT2D eigenvalue weighted by Crippen LogP contribution is -2.23. The Balaban J connectivity index is 2.02. The summed E-state index contributed by atoms with van der Waals surface area (Å²) >= 11 is 0. The molecule has 0 bridgehead atoms. The van der Waals surface area contributed by atoms with Gasteiger partial charge in [0, 0.05) is 5.41 Å². The molecule has 8 heteroatoms. The van der Waals surface area contributed by atoms with Crippen molar-refractivity contribution in [2.24, 2.45) is 5.41 Å². The maximum Gasteiger partial charge on any atom is 0.419 e. The third-order valence-electron chi connectivity index (χ3n) is 7.38. The van der Waals surface area contributed by atoms with Crippen molar-refractivity contribution in [2.45, 2.75) is 71.6 Å². The number of ether oxygens (including phenoxy) is 1. The minimum atomic E-state index is -4.87. The molecule has 0 saturated carbocycles. The fourth-order valence-corrected chi connectivity index (χ4v) is 4.23. The molecule has 2 nitrogen and oxygen atoms in total. The van der Waals surface area contributed by atoms with Crippen molar-refractivity contribution in [1.29, 1.82) is 0 Å². The topological polar surface area (TPSA) is 26.3 Å². The maximum atomic E-state index is 14.1. The number of carbonyl (C=O) groups is 1. The number of rotatable bonds is 8. The number of esters is 1. The SMILES string of the molecule is CCC(C)(C)CCc1ccc(C(C)(C)c2ccc(OC(=O)c3ccccc3)c(C(F)(F)F)c2)cc1C(F)(F)F. The van der Waals surface area contributed by atoms with Gasteiger partial charge in [-0.15, -0.1) is 0 Å². The van der Waals surface area contributed by atoms with Crippen LogP contribution in [0.5, 0.6) is 5.75 Å². The van der Waals surface area contributed by atoms with E-state index < -0.39 is 40.6 Å². The lowest BCUT2D eigenvalue weighted by molar-refractivity contribution is -0.139. The Hall–Kier alpha value is -3.29. The van der Waals surface area contributed by atoms with Crippen LogP contribution in [0.4, 0.5) is 26.3 Å². The van der Waals surface area contributed by atoms with Gasteiger partial charge in [-0.3, -0.25) is 0 Å². The van der Waals surface area contributed by atoms with Gasteiger partial charge >= 0.3 is 18.3 Å². The summed E-state index contributed by atoms with van der Waals surface area (Å²) in [6, 6.07) is 14.8. The lowest BCUT2D eigenvalue weighted by Gasteiger charge is -2.29. The summed E-state index contributed by atoms with van der Waals surface area (Å²) in [5, 5.41) is 0. The maximum absolute atomic E-state index is 14.1. The molecule has 0 heterocycles. The third kappa shape index (κ3) is 7.22. The quantitative estimate of drug-likeness (QED) is 0.159. The van der Waals surface area contributed by atoms with E-state index in [4.69, 9.17) is 4.74 Å². The summed E-state index contributed by atoms with van der Waals surface area (Å²) in [6.45, 7) is 9.11. The predicted molar refractivity (Wildman–Crippen MR) is 139 cm³/mol. The van der Waals surface area contributed by atoms with Crippen LogP contribution in [0.2, 0.25) is 0 Å². The first-order valence-corrected chi connectivity index (χ1v) is 12.7. The molecule has 0 N–H and O–H groups in total. The first-order chi connectivity index (χ1) is 18.0. The molecule has 0 fully saturated rings. The van der Waals surface area contributed by atoms with E-state index in [-0.39, 0.29) is 34.1 Å². The molecule has 0 saturated heterocycles.